The number of aliphatic carboxylic acids is 1. The van der Waals surface area contributed by atoms with Gasteiger partial charge in [0, 0.05) is 6.04 Å². The van der Waals surface area contributed by atoms with Gasteiger partial charge in [-0.15, -0.1) is 0 Å². The third kappa shape index (κ3) is 2.31. The second kappa shape index (κ2) is 5.52. The van der Waals surface area contributed by atoms with Crippen molar-refractivity contribution in [2.75, 3.05) is 0 Å². The lowest BCUT2D eigenvalue weighted by molar-refractivity contribution is -0.165. The molecule has 1 saturated carbocycles. The summed E-state index contributed by atoms with van der Waals surface area (Å²) in [6.07, 6.45) is 4.96. The molecule has 0 saturated heterocycles. The number of carbonyl (C=O) groups excluding carboxylic acids is 1. The van der Waals surface area contributed by atoms with Gasteiger partial charge in [0.1, 0.15) is 5.54 Å². The maximum atomic E-state index is 11.7. The highest BCUT2D eigenvalue weighted by Gasteiger charge is 2.51. The van der Waals surface area contributed by atoms with E-state index in [9.17, 15) is 14.7 Å². The van der Waals surface area contributed by atoms with Gasteiger partial charge in [0.25, 0.3) is 0 Å². The van der Waals surface area contributed by atoms with Gasteiger partial charge < -0.3 is 10.0 Å². The maximum Gasteiger partial charge on any atom is 0.329 e. The predicted molar refractivity (Wildman–Crippen MR) is 65.7 cm³/mol. The minimum atomic E-state index is -0.983. The fraction of sp³-hybridized carbons (Fsp3) is 0.846. The fourth-order valence-electron chi connectivity index (χ4n) is 3.18. The van der Waals surface area contributed by atoms with Crippen LogP contribution in [0.25, 0.3) is 0 Å². The summed E-state index contributed by atoms with van der Waals surface area (Å²) in [6, 6.07) is -0.0734. The molecular formula is C13H23NO3. The minimum absolute atomic E-state index is 0.0707. The van der Waals surface area contributed by atoms with E-state index in [0.29, 0.717) is 12.8 Å². The zero-order valence-corrected chi connectivity index (χ0v) is 11.0. The quantitative estimate of drug-likeness (QED) is 0.751. The van der Waals surface area contributed by atoms with E-state index in [1.165, 1.54) is 4.90 Å². The Labute approximate surface area is 103 Å². The second-order valence-corrected chi connectivity index (χ2v) is 5.19. The van der Waals surface area contributed by atoms with E-state index in [1.54, 1.807) is 0 Å². The lowest BCUT2D eigenvalue weighted by Crippen LogP contribution is -2.62. The zero-order chi connectivity index (χ0) is 13.1. The number of carbonyl (C=O) groups is 2. The topological polar surface area (TPSA) is 57.6 Å². The van der Waals surface area contributed by atoms with E-state index in [0.717, 1.165) is 25.7 Å². The van der Waals surface area contributed by atoms with Crippen LogP contribution in [0.1, 0.15) is 52.9 Å². The number of hydrogen-bond acceptors (Lipinski definition) is 2. The van der Waals surface area contributed by atoms with E-state index >= 15 is 0 Å². The Morgan fingerprint density at radius 3 is 2.59 bits per heavy atom. The van der Waals surface area contributed by atoms with Gasteiger partial charge in [0.05, 0.1) is 0 Å². The van der Waals surface area contributed by atoms with E-state index < -0.39 is 11.5 Å². The molecule has 0 radical (unpaired) electrons. The Bertz CT molecular complexity index is 290. The molecule has 98 valence electrons. The summed E-state index contributed by atoms with van der Waals surface area (Å²) in [5.74, 6) is -0.772. The molecule has 1 aliphatic rings. The van der Waals surface area contributed by atoms with Gasteiger partial charge >= 0.3 is 5.97 Å². The molecule has 1 fully saturated rings. The van der Waals surface area contributed by atoms with Crippen molar-refractivity contribution in [3.05, 3.63) is 0 Å². The molecule has 1 N–H and O–H groups in total. The molecular weight excluding hydrogens is 218 g/mol. The van der Waals surface area contributed by atoms with Gasteiger partial charge in [-0.25, -0.2) is 4.79 Å². The minimum Gasteiger partial charge on any atom is -0.479 e. The molecule has 1 rings (SSSR count). The molecule has 4 nitrogen and oxygen atoms in total. The second-order valence-electron chi connectivity index (χ2n) is 5.19. The molecule has 0 aliphatic heterocycles. The molecule has 2 atom stereocenters. The van der Waals surface area contributed by atoms with Crippen LogP contribution < -0.4 is 0 Å². The Morgan fingerprint density at radius 2 is 2.18 bits per heavy atom. The molecule has 0 spiro atoms. The normalized spacial score (nSPS) is 29.1. The van der Waals surface area contributed by atoms with Crippen LogP contribution in [0.2, 0.25) is 0 Å². The number of rotatable bonds is 5. The van der Waals surface area contributed by atoms with Gasteiger partial charge in [-0.1, -0.05) is 26.2 Å². The highest BCUT2D eigenvalue weighted by Crippen LogP contribution is 2.41. The number of nitrogens with zero attached hydrogens (tertiary/aromatic N) is 1. The summed E-state index contributed by atoms with van der Waals surface area (Å²) in [5.41, 5.74) is -0.983. The van der Waals surface area contributed by atoms with Gasteiger partial charge in [-0.3, -0.25) is 4.79 Å². The lowest BCUT2D eigenvalue weighted by Gasteiger charge is -2.48. The van der Waals surface area contributed by atoms with E-state index in [2.05, 4.69) is 0 Å². The van der Waals surface area contributed by atoms with Crippen LogP contribution in [-0.2, 0) is 9.59 Å². The monoisotopic (exact) mass is 241 g/mol. The Balaban J connectivity index is 3.17. The number of hydrogen-bond donors (Lipinski definition) is 1. The number of carboxylic acids is 1. The van der Waals surface area contributed by atoms with E-state index in [-0.39, 0.29) is 12.0 Å². The van der Waals surface area contributed by atoms with E-state index in [4.69, 9.17) is 0 Å². The first kappa shape index (κ1) is 14.0. The predicted octanol–water partition coefficient (Wildman–Crippen LogP) is 2.28. The van der Waals surface area contributed by atoms with Crippen LogP contribution in [0.3, 0.4) is 0 Å². The first-order valence-electron chi connectivity index (χ1n) is 6.47. The van der Waals surface area contributed by atoms with Crippen molar-refractivity contribution >= 4 is 12.4 Å². The molecule has 0 bridgehead atoms. The zero-order valence-electron chi connectivity index (χ0n) is 11.0. The first-order valence-corrected chi connectivity index (χ1v) is 6.47. The smallest absolute Gasteiger partial charge is 0.329 e. The Hall–Kier alpha value is -1.06. The molecule has 1 amide bonds. The van der Waals surface area contributed by atoms with E-state index in [1.807, 2.05) is 20.8 Å². The molecule has 0 aromatic rings. The van der Waals surface area contributed by atoms with Crippen molar-refractivity contribution in [3.63, 3.8) is 0 Å². The summed E-state index contributed by atoms with van der Waals surface area (Å²) in [4.78, 5) is 24.5. The number of carboxylic acid groups (broad SMARTS) is 1. The van der Waals surface area contributed by atoms with Crippen molar-refractivity contribution in [2.24, 2.45) is 5.92 Å². The average Bonchev–Trinajstić information content (AvgIpc) is 2.29. The summed E-state index contributed by atoms with van der Waals surface area (Å²) < 4.78 is 0. The summed E-state index contributed by atoms with van der Waals surface area (Å²) in [6.45, 7) is 5.76. The molecule has 0 aromatic carbocycles. The first-order chi connectivity index (χ1) is 8.00. The number of amides is 1. The van der Waals surface area contributed by atoms with Crippen molar-refractivity contribution in [1.29, 1.82) is 0 Å². The van der Waals surface area contributed by atoms with Crippen LogP contribution >= 0.6 is 0 Å². The van der Waals surface area contributed by atoms with Crippen molar-refractivity contribution in [3.8, 4) is 0 Å². The summed E-state index contributed by atoms with van der Waals surface area (Å²) >= 11 is 0. The molecule has 4 heteroatoms. The van der Waals surface area contributed by atoms with Gasteiger partial charge in [0.15, 0.2) is 0 Å². The van der Waals surface area contributed by atoms with Gasteiger partial charge in [-0.05, 0) is 32.6 Å². The Kier molecular flexibility index (Phi) is 4.54. The molecule has 1 aliphatic carbocycles. The van der Waals surface area contributed by atoms with Crippen LogP contribution in [0.15, 0.2) is 0 Å². The van der Waals surface area contributed by atoms with Crippen LogP contribution in [0.4, 0.5) is 0 Å². The highest BCUT2D eigenvalue weighted by atomic mass is 16.4. The SMILES string of the molecule is CCC1CCCCC1(C(=O)O)N(C=O)C(C)C. The highest BCUT2D eigenvalue weighted by molar-refractivity contribution is 5.82. The molecule has 0 aromatic heterocycles. The largest absolute Gasteiger partial charge is 0.479 e. The van der Waals surface area contributed by atoms with Crippen LogP contribution in [0, 0.1) is 5.92 Å². The van der Waals surface area contributed by atoms with Crippen LogP contribution in [-0.4, -0.2) is 34.0 Å². The third-order valence-corrected chi connectivity index (χ3v) is 4.03. The van der Waals surface area contributed by atoms with Crippen molar-refractivity contribution in [1.82, 2.24) is 4.90 Å². The van der Waals surface area contributed by atoms with Gasteiger partial charge in [-0.2, -0.15) is 0 Å². The fourth-order valence-corrected chi connectivity index (χ4v) is 3.18. The molecule has 17 heavy (non-hydrogen) atoms. The summed E-state index contributed by atoms with van der Waals surface area (Å²) in [5, 5.41) is 9.64. The lowest BCUT2D eigenvalue weighted by atomic mass is 9.70. The summed E-state index contributed by atoms with van der Waals surface area (Å²) in [7, 11) is 0. The standard InChI is InChI=1S/C13H23NO3/c1-4-11-7-5-6-8-13(11,12(16)17)14(9-15)10(2)3/h9-11H,4-8H2,1-3H3,(H,16,17). The van der Waals surface area contributed by atoms with Crippen molar-refractivity contribution < 1.29 is 14.7 Å². The van der Waals surface area contributed by atoms with Crippen molar-refractivity contribution in [2.45, 2.75) is 64.5 Å². The maximum absolute atomic E-state index is 11.7. The molecule has 0 heterocycles. The van der Waals surface area contributed by atoms with Crippen LogP contribution in [0.5, 0.6) is 0 Å². The average molecular weight is 241 g/mol. The molecule has 2 unspecified atom stereocenters. The third-order valence-electron chi connectivity index (χ3n) is 4.03. The Morgan fingerprint density at radius 1 is 1.53 bits per heavy atom. The van der Waals surface area contributed by atoms with Gasteiger partial charge in [0.2, 0.25) is 6.41 Å².